The van der Waals surface area contributed by atoms with E-state index in [1.807, 2.05) is 18.2 Å². The molecule has 0 fully saturated rings. The largest absolute Gasteiger partial charge is 0.318 e. The molecule has 104 valence electrons. The van der Waals surface area contributed by atoms with E-state index in [9.17, 15) is 4.39 Å². The van der Waals surface area contributed by atoms with Gasteiger partial charge < -0.3 is 5.73 Å². The molecule has 1 unspecified atom stereocenters. The zero-order valence-electron chi connectivity index (χ0n) is 11.8. The lowest BCUT2D eigenvalue weighted by molar-refractivity contribution is 0.478. The Morgan fingerprint density at radius 3 is 2.70 bits per heavy atom. The Hall–Kier alpha value is -1.67. The van der Waals surface area contributed by atoms with Crippen LogP contribution >= 0.6 is 0 Å². The number of hydrogen-bond donors (Lipinski definition) is 1. The van der Waals surface area contributed by atoms with Crippen LogP contribution in [0.1, 0.15) is 41.5 Å². The molecule has 1 atom stereocenters. The van der Waals surface area contributed by atoms with E-state index in [4.69, 9.17) is 5.73 Å². The van der Waals surface area contributed by atoms with Gasteiger partial charge in [0.15, 0.2) is 0 Å². The van der Waals surface area contributed by atoms with Crippen LogP contribution in [0.2, 0.25) is 0 Å². The SMILES string of the molecule is Cc1cc(C2(N)CCCCc3ccccc32)ccc1F. The van der Waals surface area contributed by atoms with Gasteiger partial charge in [0.05, 0.1) is 5.54 Å². The summed E-state index contributed by atoms with van der Waals surface area (Å²) in [4.78, 5) is 0. The molecule has 20 heavy (non-hydrogen) atoms. The van der Waals surface area contributed by atoms with Crippen LogP contribution in [0, 0.1) is 12.7 Å². The van der Waals surface area contributed by atoms with E-state index >= 15 is 0 Å². The Morgan fingerprint density at radius 1 is 1.10 bits per heavy atom. The molecule has 1 nitrogen and oxygen atoms in total. The lowest BCUT2D eigenvalue weighted by Crippen LogP contribution is -2.38. The van der Waals surface area contributed by atoms with E-state index in [0.717, 1.165) is 31.2 Å². The maximum atomic E-state index is 13.5. The van der Waals surface area contributed by atoms with Crippen LogP contribution < -0.4 is 5.73 Å². The van der Waals surface area contributed by atoms with Crippen LogP contribution in [0.5, 0.6) is 0 Å². The van der Waals surface area contributed by atoms with Gasteiger partial charge >= 0.3 is 0 Å². The van der Waals surface area contributed by atoms with Crippen molar-refractivity contribution in [2.75, 3.05) is 0 Å². The number of aryl methyl sites for hydroxylation is 2. The van der Waals surface area contributed by atoms with Gasteiger partial charge in [0.2, 0.25) is 0 Å². The summed E-state index contributed by atoms with van der Waals surface area (Å²) in [5.74, 6) is -0.167. The molecule has 2 N–H and O–H groups in total. The Balaban J connectivity index is 2.17. The standard InChI is InChI=1S/C18H20FN/c1-13-12-15(9-10-17(13)19)18(20)11-5-4-7-14-6-2-3-8-16(14)18/h2-3,6,8-10,12H,4-5,7,11,20H2,1H3. The molecule has 0 aromatic heterocycles. The van der Waals surface area contributed by atoms with E-state index < -0.39 is 5.54 Å². The van der Waals surface area contributed by atoms with Gasteiger partial charge in [-0.3, -0.25) is 0 Å². The van der Waals surface area contributed by atoms with Gasteiger partial charge in [-0.1, -0.05) is 42.8 Å². The van der Waals surface area contributed by atoms with Crippen molar-refractivity contribution in [3.8, 4) is 0 Å². The molecule has 3 rings (SSSR count). The second-order valence-electron chi connectivity index (χ2n) is 5.80. The highest BCUT2D eigenvalue weighted by Gasteiger charge is 2.33. The van der Waals surface area contributed by atoms with Crippen LogP contribution in [0.3, 0.4) is 0 Å². The number of hydrogen-bond acceptors (Lipinski definition) is 1. The van der Waals surface area contributed by atoms with Gasteiger partial charge in [0.25, 0.3) is 0 Å². The van der Waals surface area contributed by atoms with Crippen LogP contribution in [-0.4, -0.2) is 0 Å². The molecule has 1 aliphatic rings. The molecule has 0 heterocycles. The molecule has 0 aliphatic heterocycles. The predicted molar refractivity (Wildman–Crippen MR) is 80.1 cm³/mol. The first kappa shape index (κ1) is 13.3. The molecular formula is C18H20FN. The van der Waals surface area contributed by atoms with Crippen molar-refractivity contribution in [3.63, 3.8) is 0 Å². The Kier molecular flexibility index (Phi) is 3.35. The molecule has 0 bridgehead atoms. The smallest absolute Gasteiger partial charge is 0.126 e. The van der Waals surface area contributed by atoms with E-state index in [0.29, 0.717) is 5.56 Å². The monoisotopic (exact) mass is 269 g/mol. The highest BCUT2D eigenvalue weighted by Crippen LogP contribution is 2.37. The van der Waals surface area contributed by atoms with E-state index in [2.05, 4.69) is 18.2 Å². The number of rotatable bonds is 1. The van der Waals surface area contributed by atoms with Crippen molar-refractivity contribution < 1.29 is 4.39 Å². The van der Waals surface area contributed by atoms with Crippen LogP contribution in [0.4, 0.5) is 4.39 Å². The van der Waals surface area contributed by atoms with Gasteiger partial charge in [-0.2, -0.15) is 0 Å². The summed E-state index contributed by atoms with van der Waals surface area (Å²) in [6.07, 6.45) is 4.25. The highest BCUT2D eigenvalue weighted by atomic mass is 19.1. The third-order valence-electron chi connectivity index (χ3n) is 4.44. The minimum atomic E-state index is -0.494. The third kappa shape index (κ3) is 2.14. The molecule has 0 spiro atoms. The van der Waals surface area contributed by atoms with Gasteiger partial charge in [-0.25, -0.2) is 4.39 Å². The fourth-order valence-corrected chi connectivity index (χ4v) is 3.25. The fourth-order valence-electron chi connectivity index (χ4n) is 3.25. The fraction of sp³-hybridized carbons (Fsp3) is 0.333. The topological polar surface area (TPSA) is 26.0 Å². The second kappa shape index (κ2) is 5.02. The number of benzene rings is 2. The molecule has 0 amide bonds. The minimum Gasteiger partial charge on any atom is -0.318 e. The van der Waals surface area contributed by atoms with Gasteiger partial charge in [-0.15, -0.1) is 0 Å². The Bertz CT molecular complexity index is 635. The molecule has 2 aromatic rings. The van der Waals surface area contributed by atoms with Crippen molar-refractivity contribution in [1.29, 1.82) is 0 Å². The van der Waals surface area contributed by atoms with E-state index in [-0.39, 0.29) is 5.82 Å². The summed E-state index contributed by atoms with van der Waals surface area (Å²) in [5, 5.41) is 0. The molecule has 1 aliphatic carbocycles. The number of nitrogens with two attached hydrogens (primary N) is 1. The van der Waals surface area contributed by atoms with Crippen LogP contribution in [0.15, 0.2) is 42.5 Å². The molecule has 0 saturated carbocycles. The molecule has 2 aromatic carbocycles. The molecule has 0 saturated heterocycles. The summed E-state index contributed by atoms with van der Waals surface area (Å²) < 4.78 is 13.5. The molecule has 0 radical (unpaired) electrons. The lowest BCUT2D eigenvalue weighted by Gasteiger charge is -2.31. The zero-order chi connectivity index (χ0) is 14.2. The summed E-state index contributed by atoms with van der Waals surface area (Å²) >= 11 is 0. The van der Waals surface area contributed by atoms with Crippen LogP contribution in [0.25, 0.3) is 0 Å². The third-order valence-corrected chi connectivity index (χ3v) is 4.44. The van der Waals surface area contributed by atoms with E-state index in [1.165, 1.54) is 17.2 Å². The first-order chi connectivity index (χ1) is 9.61. The van der Waals surface area contributed by atoms with Gasteiger partial charge in [-0.05, 0) is 54.5 Å². The Morgan fingerprint density at radius 2 is 1.90 bits per heavy atom. The van der Waals surface area contributed by atoms with Crippen molar-refractivity contribution >= 4 is 0 Å². The predicted octanol–water partition coefficient (Wildman–Crippen LogP) is 4.06. The quantitative estimate of drug-likeness (QED) is 0.776. The summed E-state index contributed by atoms with van der Waals surface area (Å²) in [7, 11) is 0. The average Bonchev–Trinajstić information content (AvgIpc) is 2.63. The van der Waals surface area contributed by atoms with Gasteiger partial charge in [0, 0.05) is 0 Å². The maximum absolute atomic E-state index is 13.5. The van der Waals surface area contributed by atoms with Gasteiger partial charge in [0.1, 0.15) is 5.82 Å². The summed E-state index contributed by atoms with van der Waals surface area (Å²) in [5.41, 5.74) is 10.5. The number of fused-ring (bicyclic) bond motifs is 1. The first-order valence-corrected chi connectivity index (χ1v) is 7.25. The van der Waals surface area contributed by atoms with E-state index in [1.54, 1.807) is 6.92 Å². The van der Waals surface area contributed by atoms with Crippen LogP contribution in [-0.2, 0) is 12.0 Å². The second-order valence-corrected chi connectivity index (χ2v) is 5.80. The van der Waals surface area contributed by atoms with Crippen molar-refractivity contribution in [2.45, 2.75) is 38.1 Å². The summed E-state index contributed by atoms with van der Waals surface area (Å²) in [6.45, 7) is 1.80. The number of halogens is 1. The maximum Gasteiger partial charge on any atom is 0.126 e. The minimum absolute atomic E-state index is 0.167. The lowest BCUT2D eigenvalue weighted by atomic mass is 9.79. The molecular weight excluding hydrogens is 249 g/mol. The van der Waals surface area contributed by atoms with Crippen molar-refractivity contribution in [2.24, 2.45) is 5.73 Å². The van der Waals surface area contributed by atoms with Crippen molar-refractivity contribution in [1.82, 2.24) is 0 Å². The zero-order valence-corrected chi connectivity index (χ0v) is 11.8. The molecule has 2 heteroatoms. The Labute approximate surface area is 119 Å². The highest BCUT2D eigenvalue weighted by molar-refractivity contribution is 5.44. The normalized spacial score (nSPS) is 22.1. The van der Waals surface area contributed by atoms with Crippen molar-refractivity contribution in [3.05, 3.63) is 70.5 Å². The average molecular weight is 269 g/mol. The summed E-state index contributed by atoms with van der Waals surface area (Å²) in [6, 6.07) is 13.7. The first-order valence-electron chi connectivity index (χ1n) is 7.25.